The fourth-order valence-corrected chi connectivity index (χ4v) is 3.64. The number of aromatic amines is 1. The van der Waals surface area contributed by atoms with Gasteiger partial charge in [-0.2, -0.15) is 5.10 Å². The van der Waals surface area contributed by atoms with Gasteiger partial charge >= 0.3 is 0 Å². The molecule has 1 aliphatic heterocycles. The van der Waals surface area contributed by atoms with E-state index in [1.807, 2.05) is 59.6 Å². The van der Waals surface area contributed by atoms with Crippen molar-refractivity contribution in [1.82, 2.24) is 15.5 Å². The molecule has 1 aromatic heterocycles. The zero-order valence-electron chi connectivity index (χ0n) is 16.1. The van der Waals surface area contributed by atoms with Crippen molar-refractivity contribution in [2.75, 3.05) is 18.6 Å². The number of carbonyl (C=O) groups excluding carboxylic acids is 1. The van der Waals surface area contributed by atoms with Crippen LogP contribution in [0.25, 0.3) is 11.1 Å². The maximum atomic E-state index is 12.9. The fraction of sp³-hybridized carbons (Fsp3) is 0.273. The summed E-state index contributed by atoms with van der Waals surface area (Å²) in [7, 11) is 1.66. The van der Waals surface area contributed by atoms with E-state index in [9.17, 15) is 4.79 Å². The summed E-state index contributed by atoms with van der Waals surface area (Å²) in [4.78, 5) is 14.8. The number of methoxy groups -OCH3 is 1. The van der Waals surface area contributed by atoms with Gasteiger partial charge < -0.3 is 9.64 Å². The summed E-state index contributed by atoms with van der Waals surface area (Å²) in [5, 5.41) is 10.3. The third kappa shape index (κ3) is 3.64. The van der Waals surface area contributed by atoms with Gasteiger partial charge in [-0.3, -0.25) is 15.2 Å². The average Bonchev–Trinajstić information content (AvgIpc) is 3.39. The molecule has 1 fully saturated rings. The fourth-order valence-electron chi connectivity index (χ4n) is 3.64. The van der Waals surface area contributed by atoms with E-state index < -0.39 is 0 Å². The number of carbonyl (C=O) groups is 1. The van der Waals surface area contributed by atoms with Crippen LogP contribution in [-0.4, -0.2) is 35.8 Å². The van der Waals surface area contributed by atoms with Crippen LogP contribution in [0.2, 0.25) is 0 Å². The molecule has 0 aliphatic carbocycles. The third-order valence-corrected chi connectivity index (χ3v) is 5.26. The number of amides is 1. The molecular weight excluding hydrogens is 352 g/mol. The highest BCUT2D eigenvalue weighted by Gasteiger charge is 2.33. The summed E-state index contributed by atoms with van der Waals surface area (Å²) in [5.41, 5.74) is 4.14. The molecule has 2 atom stereocenters. The number of nitrogens with one attached hydrogen (secondary N) is 2. The van der Waals surface area contributed by atoms with Crippen LogP contribution in [0.5, 0.6) is 5.75 Å². The second kappa shape index (κ2) is 7.86. The van der Waals surface area contributed by atoms with E-state index >= 15 is 0 Å². The van der Waals surface area contributed by atoms with Gasteiger partial charge in [0.25, 0.3) is 0 Å². The molecule has 4 rings (SSSR count). The summed E-state index contributed by atoms with van der Waals surface area (Å²) >= 11 is 0. The largest absolute Gasteiger partial charge is 0.497 e. The zero-order chi connectivity index (χ0) is 19.5. The van der Waals surface area contributed by atoms with Crippen LogP contribution in [0.4, 0.5) is 5.69 Å². The molecule has 2 unspecified atom stereocenters. The molecule has 144 valence electrons. The number of nitrogens with zero attached hydrogens (tertiary/aromatic N) is 2. The van der Waals surface area contributed by atoms with E-state index in [1.54, 1.807) is 13.3 Å². The van der Waals surface area contributed by atoms with Crippen LogP contribution < -0.4 is 15.0 Å². The highest BCUT2D eigenvalue weighted by atomic mass is 16.5. The highest BCUT2D eigenvalue weighted by Crippen LogP contribution is 2.27. The van der Waals surface area contributed by atoms with Crippen LogP contribution in [0.15, 0.2) is 60.9 Å². The Balaban J connectivity index is 1.43. The Morgan fingerprint density at radius 3 is 2.75 bits per heavy atom. The van der Waals surface area contributed by atoms with Gasteiger partial charge in [0.1, 0.15) is 5.75 Å². The smallest absolute Gasteiger partial charge is 0.244 e. The second-order valence-corrected chi connectivity index (χ2v) is 7.03. The zero-order valence-corrected chi connectivity index (χ0v) is 16.1. The molecule has 0 saturated carbocycles. The SMILES string of the molecule is COc1cccc(C(C)NC2CCN(c3ccc(-c4cn[nH]c4)cc3)C2=O)c1. The predicted molar refractivity (Wildman–Crippen MR) is 109 cm³/mol. The maximum Gasteiger partial charge on any atom is 0.244 e. The quantitative estimate of drug-likeness (QED) is 0.690. The number of ether oxygens (including phenoxy) is 1. The summed E-state index contributed by atoms with van der Waals surface area (Å²) in [6.07, 6.45) is 4.43. The van der Waals surface area contributed by atoms with Crippen molar-refractivity contribution in [3.8, 4) is 16.9 Å². The van der Waals surface area contributed by atoms with Crippen LogP contribution in [0.3, 0.4) is 0 Å². The lowest BCUT2D eigenvalue weighted by atomic mass is 10.1. The summed E-state index contributed by atoms with van der Waals surface area (Å²) < 4.78 is 5.30. The van der Waals surface area contributed by atoms with Gasteiger partial charge in [-0.25, -0.2) is 0 Å². The number of rotatable bonds is 6. The van der Waals surface area contributed by atoms with E-state index in [-0.39, 0.29) is 18.0 Å². The number of hydrogen-bond acceptors (Lipinski definition) is 4. The first-order valence-corrected chi connectivity index (χ1v) is 9.46. The lowest BCUT2D eigenvalue weighted by molar-refractivity contribution is -0.119. The Labute approximate surface area is 164 Å². The van der Waals surface area contributed by atoms with Gasteiger partial charge in [-0.1, -0.05) is 24.3 Å². The molecule has 2 aromatic carbocycles. The first-order chi connectivity index (χ1) is 13.7. The van der Waals surface area contributed by atoms with Crippen molar-refractivity contribution < 1.29 is 9.53 Å². The first-order valence-electron chi connectivity index (χ1n) is 9.46. The second-order valence-electron chi connectivity index (χ2n) is 7.03. The minimum atomic E-state index is -0.185. The van der Waals surface area contributed by atoms with Crippen LogP contribution in [0, 0.1) is 0 Å². The summed E-state index contributed by atoms with van der Waals surface area (Å²) in [6.45, 7) is 2.79. The molecule has 0 bridgehead atoms. The standard InChI is InChI=1S/C22H24N4O2/c1-15(17-4-3-5-20(12-17)28-2)25-21-10-11-26(22(21)27)19-8-6-16(7-9-19)18-13-23-24-14-18/h3-9,12-15,21,25H,10-11H2,1-2H3,(H,23,24). The van der Waals surface area contributed by atoms with Gasteiger partial charge in [0.15, 0.2) is 0 Å². The Morgan fingerprint density at radius 1 is 1.21 bits per heavy atom. The molecule has 1 saturated heterocycles. The van der Waals surface area contributed by atoms with Crippen molar-refractivity contribution in [3.05, 3.63) is 66.5 Å². The Morgan fingerprint density at radius 2 is 2.04 bits per heavy atom. The lowest BCUT2D eigenvalue weighted by Crippen LogP contribution is -2.39. The summed E-state index contributed by atoms with van der Waals surface area (Å²) in [5.74, 6) is 0.939. The molecular formula is C22H24N4O2. The van der Waals surface area contributed by atoms with Crippen LogP contribution in [0.1, 0.15) is 24.9 Å². The Hall–Kier alpha value is -3.12. The first kappa shape index (κ1) is 18.3. The Kier molecular flexibility index (Phi) is 5.12. The molecule has 1 amide bonds. The van der Waals surface area contributed by atoms with E-state index in [2.05, 4.69) is 22.4 Å². The topological polar surface area (TPSA) is 70.2 Å². The van der Waals surface area contributed by atoms with Crippen molar-refractivity contribution in [2.24, 2.45) is 0 Å². The number of H-pyrrole nitrogens is 1. The molecule has 28 heavy (non-hydrogen) atoms. The molecule has 2 N–H and O–H groups in total. The molecule has 1 aliphatic rings. The molecule has 0 radical (unpaired) electrons. The predicted octanol–water partition coefficient (Wildman–Crippen LogP) is 3.54. The van der Waals surface area contributed by atoms with Gasteiger partial charge in [0.05, 0.1) is 19.3 Å². The maximum absolute atomic E-state index is 12.9. The highest BCUT2D eigenvalue weighted by molar-refractivity contribution is 5.99. The molecule has 2 heterocycles. The minimum absolute atomic E-state index is 0.0625. The van der Waals surface area contributed by atoms with E-state index in [0.29, 0.717) is 6.54 Å². The van der Waals surface area contributed by atoms with Gasteiger partial charge in [0.2, 0.25) is 5.91 Å². The molecule has 6 heteroatoms. The molecule has 3 aromatic rings. The van der Waals surface area contributed by atoms with E-state index in [4.69, 9.17) is 4.74 Å². The lowest BCUT2D eigenvalue weighted by Gasteiger charge is -2.21. The number of anilines is 1. The number of benzene rings is 2. The van der Waals surface area contributed by atoms with Crippen LogP contribution in [-0.2, 0) is 4.79 Å². The van der Waals surface area contributed by atoms with Gasteiger partial charge in [-0.15, -0.1) is 0 Å². The summed E-state index contributed by atoms with van der Waals surface area (Å²) in [6, 6.07) is 15.8. The average molecular weight is 376 g/mol. The molecule has 6 nitrogen and oxygen atoms in total. The van der Waals surface area contributed by atoms with E-state index in [1.165, 1.54) is 0 Å². The number of hydrogen-bond donors (Lipinski definition) is 2. The molecule has 0 spiro atoms. The normalized spacial score (nSPS) is 17.7. The van der Waals surface area contributed by atoms with Crippen molar-refractivity contribution in [3.63, 3.8) is 0 Å². The Bertz CT molecular complexity index is 937. The van der Waals surface area contributed by atoms with Crippen LogP contribution >= 0.6 is 0 Å². The van der Waals surface area contributed by atoms with Crippen molar-refractivity contribution in [1.29, 1.82) is 0 Å². The van der Waals surface area contributed by atoms with Crippen molar-refractivity contribution in [2.45, 2.75) is 25.4 Å². The third-order valence-electron chi connectivity index (χ3n) is 5.26. The van der Waals surface area contributed by atoms with E-state index in [0.717, 1.165) is 34.5 Å². The van der Waals surface area contributed by atoms with Gasteiger partial charge in [0, 0.05) is 30.0 Å². The van der Waals surface area contributed by atoms with Gasteiger partial charge in [-0.05, 0) is 48.7 Å². The number of aromatic nitrogens is 2. The monoisotopic (exact) mass is 376 g/mol. The minimum Gasteiger partial charge on any atom is -0.497 e. The van der Waals surface area contributed by atoms with Crippen molar-refractivity contribution >= 4 is 11.6 Å².